The molecular formula is C9H6BrFO2. The molecule has 0 aromatic heterocycles. The van der Waals surface area contributed by atoms with Gasteiger partial charge in [0.25, 0.3) is 0 Å². The molecule has 0 amide bonds. The van der Waals surface area contributed by atoms with Crippen LogP contribution in [0.3, 0.4) is 0 Å². The summed E-state index contributed by atoms with van der Waals surface area (Å²) < 4.78 is 12.9. The van der Waals surface area contributed by atoms with Crippen molar-refractivity contribution in [1.29, 1.82) is 0 Å². The van der Waals surface area contributed by atoms with Crippen molar-refractivity contribution in [3.05, 3.63) is 35.6 Å². The third-order valence-corrected chi connectivity index (χ3v) is 2.00. The first-order chi connectivity index (χ1) is 6.16. The van der Waals surface area contributed by atoms with E-state index in [2.05, 4.69) is 15.9 Å². The largest absolute Gasteiger partial charge is 0.290 e. The third-order valence-electron chi connectivity index (χ3n) is 1.49. The molecule has 0 radical (unpaired) electrons. The number of halogens is 2. The number of carbonyl (C=O) groups is 2. The molecular weight excluding hydrogens is 239 g/mol. The number of ketones is 2. The highest BCUT2D eigenvalue weighted by Gasteiger charge is 2.17. The molecule has 0 spiro atoms. The molecule has 0 fully saturated rings. The molecule has 4 heteroatoms. The Balaban J connectivity index is 3.02. The molecule has 13 heavy (non-hydrogen) atoms. The number of benzene rings is 1. The van der Waals surface area contributed by atoms with Gasteiger partial charge in [0.1, 0.15) is 5.82 Å². The zero-order valence-corrected chi connectivity index (χ0v) is 8.17. The Bertz CT molecular complexity index is 349. The van der Waals surface area contributed by atoms with E-state index < -0.39 is 17.4 Å². The molecule has 0 saturated carbocycles. The summed E-state index contributed by atoms with van der Waals surface area (Å²) in [5, 5.41) is -0.0832. The third kappa shape index (κ3) is 2.21. The summed E-state index contributed by atoms with van der Waals surface area (Å²) in [6.07, 6.45) is 0. The molecule has 0 aliphatic heterocycles. The molecule has 0 aliphatic carbocycles. The number of alkyl halides is 1. The summed E-state index contributed by atoms with van der Waals surface area (Å²) in [6, 6.07) is 5.41. The highest BCUT2D eigenvalue weighted by molar-refractivity contribution is 9.09. The maximum absolute atomic E-state index is 12.9. The molecule has 0 aliphatic rings. The van der Waals surface area contributed by atoms with Crippen LogP contribution in [0.4, 0.5) is 4.39 Å². The van der Waals surface area contributed by atoms with E-state index in [1.807, 2.05) is 0 Å². The van der Waals surface area contributed by atoms with Gasteiger partial charge >= 0.3 is 0 Å². The highest BCUT2D eigenvalue weighted by Crippen LogP contribution is 2.08. The lowest BCUT2D eigenvalue weighted by molar-refractivity contribution is -0.112. The van der Waals surface area contributed by atoms with Crippen molar-refractivity contribution >= 4 is 27.5 Å². The predicted molar refractivity (Wildman–Crippen MR) is 49.5 cm³/mol. The van der Waals surface area contributed by atoms with Gasteiger partial charge in [-0.05, 0) is 12.1 Å². The van der Waals surface area contributed by atoms with Crippen LogP contribution in [0.1, 0.15) is 10.4 Å². The minimum absolute atomic E-state index is 0.0832. The molecule has 1 aromatic rings. The zero-order valence-electron chi connectivity index (χ0n) is 6.59. The molecule has 1 rings (SSSR count). The summed E-state index contributed by atoms with van der Waals surface area (Å²) in [5.41, 5.74) is -0.174. The van der Waals surface area contributed by atoms with E-state index in [0.717, 1.165) is 6.07 Å². The molecule has 68 valence electrons. The summed E-state index contributed by atoms with van der Waals surface area (Å²) >= 11 is 2.84. The van der Waals surface area contributed by atoms with Crippen molar-refractivity contribution < 1.29 is 14.0 Å². The first-order valence-electron chi connectivity index (χ1n) is 3.55. The number of carbonyl (C=O) groups excluding carboxylic acids is 2. The Morgan fingerprint density at radius 2 is 1.92 bits per heavy atom. The van der Waals surface area contributed by atoms with Gasteiger partial charge in [0.2, 0.25) is 11.6 Å². The number of rotatable bonds is 3. The average Bonchev–Trinajstić information content (AvgIpc) is 2.16. The van der Waals surface area contributed by atoms with Gasteiger partial charge in [-0.2, -0.15) is 0 Å². The number of hydrogen-bond donors (Lipinski definition) is 0. The summed E-state index contributed by atoms with van der Waals surface area (Å²) in [7, 11) is 0. The normalized spacial score (nSPS) is 9.69. The first kappa shape index (κ1) is 10.1. The van der Waals surface area contributed by atoms with E-state index in [0.29, 0.717) is 0 Å². The average molecular weight is 245 g/mol. The Hall–Kier alpha value is -1.03. The van der Waals surface area contributed by atoms with Crippen LogP contribution in [0.25, 0.3) is 0 Å². The highest BCUT2D eigenvalue weighted by atomic mass is 79.9. The molecule has 0 atom stereocenters. The Morgan fingerprint density at radius 1 is 1.31 bits per heavy atom. The van der Waals surface area contributed by atoms with Gasteiger partial charge in [-0.1, -0.05) is 28.1 Å². The summed E-state index contributed by atoms with van der Waals surface area (Å²) in [5.74, 6) is -2.11. The fourth-order valence-electron chi connectivity index (χ4n) is 0.856. The quantitative estimate of drug-likeness (QED) is 0.463. The van der Waals surface area contributed by atoms with Crippen LogP contribution in [-0.2, 0) is 4.79 Å². The van der Waals surface area contributed by atoms with Gasteiger partial charge in [0, 0.05) is 0 Å². The van der Waals surface area contributed by atoms with Gasteiger partial charge in [-0.25, -0.2) is 4.39 Å². The van der Waals surface area contributed by atoms with Crippen molar-refractivity contribution in [3.8, 4) is 0 Å². The second-order valence-electron chi connectivity index (χ2n) is 2.37. The molecule has 0 bridgehead atoms. The van der Waals surface area contributed by atoms with Crippen molar-refractivity contribution in [2.75, 3.05) is 5.33 Å². The molecule has 1 aromatic carbocycles. The van der Waals surface area contributed by atoms with E-state index in [1.165, 1.54) is 18.2 Å². The van der Waals surface area contributed by atoms with Gasteiger partial charge in [-0.15, -0.1) is 0 Å². The standard InChI is InChI=1S/C9H6BrFO2/c10-5-8(12)9(13)6-3-1-2-4-7(6)11/h1-4H,5H2. The lowest BCUT2D eigenvalue weighted by Crippen LogP contribution is -2.16. The molecule has 0 heterocycles. The fraction of sp³-hybridized carbons (Fsp3) is 0.111. The maximum atomic E-state index is 12.9. The van der Waals surface area contributed by atoms with Gasteiger partial charge in [0.15, 0.2) is 0 Å². The molecule has 0 unspecified atom stereocenters. The van der Waals surface area contributed by atoms with Gasteiger partial charge in [-0.3, -0.25) is 9.59 Å². The van der Waals surface area contributed by atoms with E-state index in [4.69, 9.17) is 0 Å². The van der Waals surface area contributed by atoms with Crippen molar-refractivity contribution in [1.82, 2.24) is 0 Å². The monoisotopic (exact) mass is 244 g/mol. The van der Waals surface area contributed by atoms with Crippen LogP contribution in [-0.4, -0.2) is 16.9 Å². The maximum Gasteiger partial charge on any atom is 0.232 e. The molecule has 2 nitrogen and oxygen atoms in total. The fourth-order valence-corrected chi connectivity index (χ4v) is 1.11. The van der Waals surface area contributed by atoms with Crippen LogP contribution in [0, 0.1) is 5.82 Å². The van der Waals surface area contributed by atoms with E-state index in [1.54, 1.807) is 0 Å². The SMILES string of the molecule is O=C(CBr)C(=O)c1ccccc1F. The van der Waals surface area contributed by atoms with Gasteiger partial charge in [0.05, 0.1) is 10.9 Å². The van der Waals surface area contributed by atoms with Gasteiger partial charge < -0.3 is 0 Å². The summed E-state index contributed by atoms with van der Waals surface area (Å²) in [4.78, 5) is 22.1. The van der Waals surface area contributed by atoms with Crippen LogP contribution < -0.4 is 0 Å². The van der Waals surface area contributed by atoms with E-state index in [-0.39, 0.29) is 10.9 Å². The summed E-state index contributed by atoms with van der Waals surface area (Å²) in [6.45, 7) is 0. The Morgan fingerprint density at radius 3 is 2.46 bits per heavy atom. The topological polar surface area (TPSA) is 34.1 Å². The van der Waals surface area contributed by atoms with Crippen LogP contribution >= 0.6 is 15.9 Å². The van der Waals surface area contributed by atoms with E-state index in [9.17, 15) is 14.0 Å². The minimum Gasteiger partial charge on any atom is -0.290 e. The molecule has 0 saturated heterocycles. The van der Waals surface area contributed by atoms with Crippen LogP contribution in [0.2, 0.25) is 0 Å². The Labute approximate surface area is 82.9 Å². The smallest absolute Gasteiger partial charge is 0.232 e. The predicted octanol–water partition coefficient (Wildman–Crippen LogP) is 1.97. The van der Waals surface area contributed by atoms with Crippen molar-refractivity contribution in [2.24, 2.45) is 0 Å². The lowest BCUT2D eigenvalue weighted by atomic mass is 10.1. The van der Waals surface area contributed by atoms with E-state index >= 15 is 0 Å². The van der Waals surface area contributed by atoms with Crippen molar-refractivity contribution in [2.45, 2.75) is 0 Å². The first-order valence-corrected chi connectivity index (χ1v) is 4.67. The lowest BCUT2D eigenvalue weighted by Gasteiger charge is -1.98. The minimum atomic E-state index is -0.796. The number of hydrogen-bond acceptors (Lipinski definition) is 2. The number of Topliss-reactive ketones (excluding diaryl/α,β-unsaturated/α-hetero) is 2. The Kier molecular flexibility index (Phi) is 3.31. The second-order valence-corrected chi connectivity index (χ2v) is 2.93. The second kappa shape index (κ2) is 4.28. The van der Waals surface area contributed by atoms with Crippen molar-refractivity contribution in [3.63, 3.8) is 0 Å². The molecule has 0 N–H and O–H groups in total. The van der Waals surface area contributed by atoms with Crippen LogP contribution in [0.15, 0.2) is 24.3 Å². The zero-order chi connectivity index (χ0) is 9.84. The van der Waals surface area contributed by atoms with Crippen LogP contribution in [0.5, 0.6) is 0 Å².